The van der Waals surface area contributed by atoms with Gasteiger partial charge < -0.3 is 8.92 Å². The third-order valence-corrected chi connectivity index (χ3v) is 3.39. The van der Waals surface area contributed by atoms with Crippen LogP contribution < -0.4 is 0 Å². The summed E-state index contributed by atoms with van der Waals surface area (Å²) in [5.74, 6) is -0.441. The van der Waals surface area contributed by atoms with Gasteiger partial charge in [0.2, 0.25) is 0 Å². The summed E-state index contributed by atoms with van der Waals surface area (Å²) in [6.07, 6.45) is 5.69. The molecule has 2 fully saturated rings. The highest BCUT2D eigenvalue weighted by molar-refractivity contribution is 7.86. The first kappa shape index (κ1) is 11.4. The number of hydrogen-bond donors (Lipinski definition) is 0. The number of fused-ring (bicyclic) bond motifs is 1. The summed E-state index contributed by atoms with van der Waals surface area (Å²) in [5.41, 5.74) is 0.357. The molecule has 2 atom stereocenters. The minimum atomic E-state index is -3.56. The van der Waals surface area contributed by atoms with Crippen molar-refractivity contribution in [2.24, 2.45) is 5.92 Å². The third kappa shape index (κ3) is 2.37. The predicted octanol–water partition coefficient (Wildman–Crippen LogP) is 0.962. The van der Waals surface area contributed by atoms with Crippen LogP contribution in [0.3, 0.4) is 0 Å². The Hall–Kier alpha value is -1.04. The van der Waals surface area contributed by atoms with Gasteiger partial charge in [0.15, 0.2) is 0 Å². The fraction of sp³-hybridized carbons (Fsp3) is 0.700. The van der Waals surface area contributed by atoms with Crippen molar-refractivity contribution in [1.82, 2.24) is 0 Å². The average Bonchev–Trinajstić information content (AvgIpc) is 2.49. The number of esters is 1. The van der Waals surface area contributed by atoms with Gasteiger partial charge in [-0.3, -0.25) is 0 Å². The molecule has 6 heteroatoms. The van der Waals surface area contributed by atoms with Gasteiger partial charge in [-0.25, -0.2) is 4.79 Å². The van der Waals surface area contributed by atoms with Crippen molar-refractivity contribution in [1.29, 1.82) is 0 Å². The molecule has 2 rings (SSSR count). The molecule has 0 aromatic rings. The maximum Gasteiger partial charge on any atom is 0.337 e. The Morgan fingerprint density at radius 2 is 2.06 bits per heavy atom. The van der Waals surface area contributed by atoms with Crippen LogP contribution >= 0.6 is 0 Å². The Morgan fingerprint density at radius 3 is 2.75 bits per heavy atom. The zero-order valence-electron chi connectivity index (χ0n) is 9.01. The Kier molecular flexibility index (Phi) is 2.92. The van der Waals surface area contributed by atoms with Crippen molar-refractivity contribution < 1.29 is 22.1 Å². The maximum atomic E-state index is 11.5. The highest BCUT2D eigenvalue weighted by atomic mass is 32.2. The summed E-state index contributed by atoms with van der Waals surface area (Å²) < 4.78 is 31.4. The van der Waals surface area contributed by atoms with Gasteiger partial charge in [0.1, 0.15) is 12.4 Å². The van der Waals surface area contributed by atoms with Crippen molar-refractivity contribution >= 4 is 16.1 Å². The van der Waals surface area contributed by atoms with E-state index in [9.17, 15) is 13.2 Å². The van der Waals surface area contributed by atoms with Crippen molar-refractivity contribution in [3.8, 4) is 0 Å². The van der Waals surface area contributed by atoms with Crippen molar-refractivity contribution in [3.63, 3.8) is 0 Å². The summed E-state index contributed by atoms with van der Waals surface area (Å²) in [7, 11) is -3.56. The molecule has 0 spiro atoms. The third-order valence-electron chi connectivity index (χ3n) is 2.95. The number of ether oxygens (including phenoxy) is 1. The average molecular weight is 246 g/mol. The van der Waals surface area contributed by atoms with E-state index in [1.165, 1.54) is 0 Å². The molecular formula is C10H14O5S. The van der Waals surface area contributed by atoms with Crippen LogP contribution in [0, 0.1) is 5.92 Å². The quantitative estimate of drug-likeness (QED) is 0.314. The maximum absolute atomic E-state index is 11.5. The summed E-state index contributed by atoms with van der Waals surface area (Å²) in [6, 6.07) is 0. The van der Waals surface area contributed by atoms with Crippen LogP contribution in [0.5, 0.6) is 0 Å². The van der Waals surface area contributed by atoms with Gasteiger partial charge in [-0.2, -0.15) is 8.42 Å². The molecule has 0 bridgehead atoms. The first-order chi connectivity index (χ1) is 7.47. The SMILES string of the molecule is CS(=O)(=O)O/C=C1\C(=O)OC2CCCCC12. The Morgan fingerprint density at radius 1 is 1.38 bits per heavy atom. The van der Waals surface area contributed by atoms with Crippen molar-refractivity contribution in [3.05, 3.63) is 11.8 Å². The zero-order valence-corrected chi connectivity index (χ0v) is 9.83. The van der Waals surface area contributed by atoms with Crippen LogP contribution in [0.1, 0.15) is 25.7 Å². The van der Waals surface area contributed by atoms with E-state index in [2.05, 4.69) is 4.18 Å². The molecule has 16 heavy (non-hydrogen) atoms. The monoisotopic (exact) mass is 246 g/mol. The van der Waals surface area contributed by atoms with Crippen LogP contribution in [0.4, 0.5) is 0 Å². The summed E-state index contributed by atoms with van der Waals surface area (Å²) in [6.45, 7) is 0. The largest absolute Gasteiger partial charge is 0.458 e. The topological polar surface area (TPSA) is 69.7 Å². The lowest BCUT2D eigenvalue weighted by Crippen LogP contribution is -2.21. The lowest BCUT2D eigenvalue weighted by Gasteiger charge is -2.22. The standard InChI is InChI=1S/C10H14O5S/c1-16(12,13)14-6-8-7-4-2-3-5-9(7)15-10(8)11/h6-7,9H,2-5H2,1H3/b8-6-. The molecule has 1 saturated carbocycles. The van der Waals surface area contributed by atoms with E-state index in [1.54, 1.807) is 0 Å². The van der Waals surface area contributed by atoms with Gasteiger partial charge in [0, 0.05) is 5.92 Å². The lowest BCUT2D eigenvalue weighted by molar-refractivity contribution is -0.139. The van der Waals surface area contributed by atoms with Crippen LogP contribution in [0.25, 0.3) is 0 Å². The lowest BCUT2D eigenvalue weighted by atomic mass is 9.84. The van der Waals surface area contributed by atoms with Gasteiger partial charge in [-0.15, -0.1) is 0 Å². The number of carbonyl (C=O) groups is 1. The second kappa shape index (κ2) is 4.08. The number of carbonyl (C=O) groups excluding carboxylic acids is 1. The number of hydrogen-bond acceptors (Lipinski definition) is 5. The smallest absolute Gasteiger partial charge is 0.337 e. The summed E-state index contributed by atoms with van der Waals surface area (Å²) in [5, 5.41) is 0. The molecule has 2 aliphatic rings. The molecule has 2 unspecified atom stereocenters. The van der Waals surface area contributed by atoms with Crippen LogP contribution in [0.15, 0.2) is 11.8 Å². The minimum absolute atomic E-state index is 0.00278. The van der Waals surface area contributed by atoms with Crippen molar-refractivity contribution in [2.45, 2.75) is 31.8 Å². The second-order valence-corrected chi connectivity index (χ2v) is 5.81. The fourth-order valence-electron chi connectivity index (χ4n) is 2.23. The van der Waals surface area contributed by atoms with E-state index < -0.39 is 16.1 Å². The van der Waals surface area contributed by atoms with Crippen LogP contribution in [-0.4, -0.2) is 26.7 Å². The molecule has 0 amide bonds. The first-order valence-corrected chi connectivity index (χ1v) is 7.08. The highest BCUT2D eigenvalue weighted by Crippen LogP contribution is 2.38. The molecule has 5 nitrogen and oxygen atoms in total. The number of rotatable bonds is 2. The Bertz CT molecular complexity index is 422. The first-order valence-electron chi connectivity index (χ1n) is 5.27. The molecule has 1 heterocycles. The van der Waals surface area contributed by atoms with Gasteiger partial charge in [0.25, 0.3) is 0 Å². The normalized spacial score (nSPS) is 32.3. The molecule has 1 aliphatic carbocycles. The highest BCUT2D eigenvalue weighted by Gasteiger charge is 2.41. The van der Waals surface area contributed by atoms with E-state index in [4.69, 9.17) is 4.74 Å². The molecule has 90 valence electrons. The molecule has 0 aromatic carbocycles. The van der Waals surface area contributed by atoms with Crippen molar-refractivity contribution in [2.75, 3.05) is 6.26 Å². The zero-order chi connectivity index (χ0) is 11.8. The summed E-state index contributed by atoms with van der Waals surface area (Å²) in [4.78, 5) is 11.5. The van der Waals surface area contributed by atoms with E-state index in [0.29, 0.717) is 5.57 Å². The minimum Gasteiger partial charge on any atom is -0.458 e. The molecular weight excluding hydrogens is 232 g/mol. The van der Waals surface area contributed by atoms with E-state index >= 15 is 0 Å². The van der Waals surface area contributed by atoms with E-state index in [0.717, 1.165) is 38.2 Å². The Balaban J connectivity index is 2.16. The Labute approximate surface area is 94.5 Å². The second-order valence-electron chi connectivity index (χ2n) is 4.21. The van der Waals surface area contributed by atoms with Crippen LogP contribution in [-0.2, 0) is 23.8 Å². The molecule has 0 N–H and O–H groups in total. The predicted molar refractivity (Wildman–Crippen MR) is 55.8 cm³/mol. The molecule has 0 radical (unpaired) electrons. The van der Waals surface area contributed by atoms with E-state index in [1.807, 2.05) is 0 Å². The summed E-state index contributed by atoms with van der Waals surface area (Å²) >= 11 is 0. The van der Waals surface area contributed by atoms with Crippen LogP contribution in [0.2, 0.25) is 0 Å². The molecule has 1 saturated heterocycles. The van der Waals surface area contributed by atoms with Gasteiger partial charge >= 0.3 is 16.1 Å². The molecule has 0 aromatic heterocycles. The van der Waals surface area contributed by atoms with E-state index in [-0.39, 0.29) is 12.0 Å². The van der Waals surface area contributed by atoms with Gasteiger partial charge in [-0.05, 0) is 19.3 Å². The fourth-order valence-corrected chi connectivity index (χ4v) is 2.50. The molecule has 1 aliphatic heterocycles. The van der Waals surface area contributed by atoms with Gasteiger partial charge in [0.05, 0.1) is 11.8 Å². The van der Waals surface area contributed by atoms with Gasteiger partial charge in [-0.1, -0.05) is 6.42 Å².